The van der Waals surface area contributed by atoms with Crippen molar-refractivity contribution in [2.45, 2.75) is 6.54 Å². The van der Waals surface area contributed by atoms with Crippen LogP contribution < -0.4 is 10.1 Å². The molecule has 0 bridgehead atoms. The van der Waals surface area contributed by atoms with Crippen LogP contribution in [0.5, 0.6) is 5.75 Å². The van der Waals surface area contributed by atoms with Crippen molar-refractivity contribution in [3.8, 4) is 5.75 Å². The minimum atomic E-state index is 0.452. The summed E-state index contributed by atoms with van der Waals surface area (Å²) in [4.78, 5) is 0. The number of hydrogen-bond donors (Lipinski definition) is 2. The molecule has 78 valence electrons. The van der Waals surface area contributed by atoms with Crippen LogP contribution in [0.25, 0.3) is 0 Å². The Morgan fingerprint density at radius 1 is 1.36 bits per heavy atom. The Morgan fingerprint density at radius 2 is 2.07 bits per heavy atom. The van der Waals surface area contributed by atoms with Crippen molar-refractivity contribution in [2.75, 3.05) is 13.0 Å². The van der Waals surface area contributed by atoms with E-state index in [-0.39, 0.29) is 0 Å². The number of thiol groups is 1. The zero-order chi connectivity index (χ0) is 10.6. The summed E-state index contributed by atoms with van der Waals surface area (Å²) < 4.78 is 5.03. The standard InChI is InChI=1S/C9H11Cl2NOS/c1-13-7-3-2-6(4-12-5-14)8(10)9(7)11/h2-3,12,14H,4-5H2,1H3. The van der Waals surface area contributed by atoms with E-state index in [2.05, 4.69) is 17.9 Å². The predicted octanol–water partition coefficient (Wildman–Crippen LogP) is 2.98. The lowest BCUT2D eigenvalue weighted by Gasteiger charge is -2.09. The lowest BCUT2D eigenvalue weighted by atomic mass is 10.2. The van der Waals surface area contributed by atoms with Gasteiger partial charge in [-0.15, -0.1) is 0 Å². The van der Waals surface area contributed by atoms with Gasteiger partial charge in [0.2, 0.25) is 0 Å². The number of halogens is 2. The molecule has 0 spiro atoms. The van der Waals surface area contributed by atoms with E-state index < -0.39 is 0 Å². The monoisotopic (exact) mass is 251 g/mol. The van der Waals surface area contributed by atoms with Crippen LogP contribution in [0.15, 0.2) is 12.1 Å². The molecule has 5 heteroatoms. The normalized spacial score (nSPS) is 10.3. The molecule has 2 nitrogen and oxygen atoms in total. The van der Waals surface area contributed by atoms with Gasteiger partial charge in [-0.1, -0.05) is 29.3 Å². The van der Waals surface area contributed by atoms with E-state index in [1.807, 2.05) is 6.07 Å². The van der Waals surface area contributed by atoms with Crippen molar-refractivity contribution >= 4 is 35.8 Å². The van der Waals surface area contributed by atoms with Crippen molar-refractivity contribution in [1.29, 1.82) is 0 Å². The van der Waals surface area contributed by atoms with Gasteiger partial charge in [0.05, 0.1) is 12.1 Å². The van der Waals surface area contributed by atoms with Gasteiger partial charge in [0.15, 0.2) is 0 Å². The highest BCUT2D eigenvalue weighted by Gasteiger charge is 2.09. The van der Waals surface area contributed by atoms with Crippen molar-refractivity contribution < 1.29 is 4.74 Å². The highest BCUT2D eigenvalue weighted by Crippen LogP contribution is 2.34. The average molecular weight is 252 g/mol. The molecule has 0 aliphatic carbocycles. The Bertz CT molecular complexity index is 320. The second-order valence-electron chi connectivity index (χ2n) is 2.64. The second kappa shape index (κ2) is 5.71. The molecule has 0 saturated carbocycles. The fourth-order valence-electron chi connectivity index (χ4n) is 1.06. The van der Waals surface area contributed by atoms with Crippen molar-refractivity contribution in [1.82, 2.24) is 5.32 Å². The van der Waals surface area contributed by atoms with Crippen LogP contribution in [0, 0.1) is 0 Å². The zero-order valence-corrected chi connectivity index (χ0v) is 10.1. The lowest BCUT2D eigenvalue weighted by molar-refractivity contribution is 0.415. The molecule has 0 aliphatic heterocycles. The molecule has 1 aromatic rings. The number of rotatable bonds is 4. The van der Waals surface area contributed by atoms with Crippen LogP contribution in [-0.4, -0.2) is 13.0 Å². The minimum Gasteiger partial charge on any atom is -0.495 e. The summed E-state index contributed by atoms with van der Waals surface area (Å²) in [7, 11) is 1.56. The summed E-state index contributed by atoms with van der Waals surface area (Å²) in [5, 5.41) is 4.03. The number of benzene rings is 1. The zero-order valence-electron chi connectivity index (χ0n) is 7.68. The summed E-state index contributed by atoms with van der Waals surface area (Å²) in [5.41, 5.74) is 0.937. The van der Waals surface area contributed by atoms with E-state index in [1.54, 1.807) is 13.2 Å². The Balaban J connectivity index is 2.92. The Hall–Kier alpha value is -0.0900. The third-order valence-electron chi connectivity index (χ3n) is 1.77. The lowest BCUT2D eigenvalue weighted by Crippen LogP contribution is -2.10. The molecule has 1 aromatic carbocycles. The van der Waals surface area contributed by atoms with Crippen molar-refractivity contribution in [2.24, 2.45) is 0 Å². The molecular weight excluding hydrogens is 241 g/mol. The van der Waals surface area contributed by atoms with E-state index in [4.69, 9.17) is 27.9 Å². The molecule has 0 amide bonds. The minimum absolute atomic E-state index is 0.452. The SMILES string of the molecule is COc1ccc(CNCS)c(Cl)c1Cl. The maximum absolute atomic E-state index is 6.04. The topological polar surface area (TPSA) is 21.3 Å². The van der Waals surface area contributed by atoms with Crippen molar-refractivity contribution in [3.63, 3.8) is 0 Å². The van der Waals surface area contributed by atoms with Crippen LogP contribution in [0.4, 0.5) is 0 Å². The molecule has 0 aromatic heterocycles. The van der Waals surface area contributed by atoms with E-state index in [0.29, 0.717) is 28.2 Å². The summed E-state index contributed by atoms with van der Waals surface area (Å²) in [6, 6.07) is 3.67. The fourth-order valence-corrected chi connectivity index (χ4v) is 1.65. The van der Waals surface area contributed by atoms with E-state index in [9.17, 15) is 0 Å². The quantitative estimate of drug-likeness (QED) is 0.635. The van der Waals surface area contributed by atoms with Gasteiger partial charge < -0.3 is 10.1 Å². The van der Waals surface area contributed by atoms with Gasteiger partial charge in [-0.05, 0) is 11.6 Å². The molecule has 0 radical (unpaired) electrons. The van der Waals surface area contributed by atoms with E-state index in [1.165, 1.54) is 0 Å². The first-order valence-corrected chi connectivity index (χ1v) is 5.42. The molecule has 0 unspecified atom stereocenters. The Morgan fingerprint density at radius 3 is 2.64 bits per heavy atom. The maximum Gasteiger partial charge on any atom is 0.138 e. The summed E-state index contributed by atoms with van der Waals surface area (Å²) >= 11 is 16.0. The molecular formula is C9H11Cl2NOS. The Labute approximate surface area is 99.0 Å². The third kappa shape index (κ3) is 2.70. The predicted molar refractivity (Wildman–Crippen MR) is 63.7 cm³/mol. The van der Waals surface area contributed by atoms with Gasteiger partial charge in [-0.25, -0.2) is 0 Å². The van der Waals surface area contributed by atoms with Gasteiger partial charge in [0, 0.05) is 12.4 Å². The van der Waals surface area contributed by atoms with Gasteiger partial charge >= 0.3 is 0 Å². The van der Waals surface area contributed by atoms with Gasteiger partial charge in [-0.3, -0.25) is 0 Å². The highest BCUT2D eigenvalue weighted by molar-refractivity contribution is 7.80. The van der Waals surface area contributed by atoms with E-state index in [0.717, 1.165) is 5.56 Å². The van der Waals surface area contributed by atoms with Crippen molar-refractivity contribution in [3.05, 3.63) is 27.7 Å². The summed E-state index contributed by atoms with van der Waals surface area (Å²) in [5.74, 6) is 1.19. The summed E-state index contributed by atoms with van der Waals surface area (Å²) in [6.07, 6.45) is 0. The Kier molecular flexibility index (Phi) is 4.89. The maximum atomic E-state index is 6.04. The number of nitrogens with one attached hydrogen (secondary N) is 1. The van der Waals surface area contributed by atoms with Crippen LogP contribution in [0.3, 0.4) is 0 Å². The second-order valence-corrected chi connectivity index (χ2v) is 3.71. The van der Waals surface area contributed by atoms with Gasteiger partial charge in [0.1, 0.15) is 10.8 Å². The molecule has 1 N–H and O–H groups in total. The van der Waals surface area contributed by atoms with Crippen LogP contribution in [0.2, 0.25) is 10.0 Å². The first-order chi connectivity index (χ1) is 6.70. The molecule has 14 heavy (non-hydrogen) atoms. The van der Waals surface area contributed by atoms with Crippen LogP contribution >= 0.6 is 35.8 Å². The molecule has 0 aliphatic rings. The van der Waals surface area contributed by atoms with Gasteiger partial charge in [0.25, 0.3) is 0 Å². The largest absolute Gasteiger partial charge is 0.495 e. The third-order valence-corrected chi connectivity index (χ3v) is 2.90. The smallest absolute Gasteiger partial charge is 0.138 e. The fraction of sp³-hybridized carbons (Fsp3) is 0.333. The van der Waals surface area contributed by atoms with Crippen LogP contribution in [0.1, 0.15) is 5.56 Å². The van der Waals surface area contributed by atoms with E-state index >= 15 is 0 Å². The van der Waals surface area contributed by atoms with Crippen LogP contribution in [-0.2, 0) is 6.54 Å². The molecule has 0 saturated heterocycles. The molecule has 1 rings (SSSR count). The first-order valence-electron chi connectivity index (χ1n) is 4.03. The number of ether oxygens (including phenoxy) is 1. The highest BCUT2D eigenvalue weighted by atomic mass is 35.5. The number of methoxy groups -OCH3 is 1. The molecule has 0 fully saturated rings. The average Bonchev–Trinajstić information content (AvgIpc) is 2.20. The number of hydrogen-bond acceptors (Lipinski definition) is 3. The van der Waals surface area contributed by atoms with Gasteiger partial charge in [-0.2, -0.15) is 12.6 Å². The summed E-state index contributed by atoms with van der Waals surface area (Å²) in [6.45, 7) is 0.645. The first kappa shape index (κ1) is 12.0. The molecule has 0 atom stereocenters. The molecule has 0 heterocycles.